The molecule has 1 fully saturated rings. The second kappa shape index (κ2) is 6.31. The molecule has 0 spiro atoms. The van der Waals surface area contributed by atoms with Gasteiger partial charge in [-0.1, -0.05) is 0 Å². The lowest BCUT2D eigenvalue weighted by Gasteiger charge is -2.44. The maximum absolute atomic E-state index is 5.95. The van der Waals surface area contributed by atoms with Crippen LogP contribution in [0, 0.1) is 0 Å². The lowest BCUT2D eigenvalue weighted by molar-refractivity contribution is -0.0939. The van der Waals surface area contributed by atoms with Gasteiger partial charge in [0.15, 0.2) is 5.96 Å². The zero-order valence-corrected chi connectivity index (χ0v) is 14.2. The van der Waals surface area contributed by atoms with Crippen molar-refractivity contribution in [2.45, 2.75) is 71.8 Å². The van der Waals surface area contributed by atoms with Crippen molar-refractivity contribution in [2.24, 2.45) is 10.7 Å². The fraction of sp³-hybridized carbons (Fsp3) is 0.933. The van der Waals surface area contributed by atoms with Gasteiger partial charge in [-0.05, 0) is 48.5 Å². The van der Waals surface area contributed by atoms with E-state index in [0.29, 0.717) is 12.5 Å². The van der Waals surface area contributed by atoms with Crippen LogP contribution < -0.4 is 11.1 Å². The number of nitrogens with one attached hydrogen (secondary N) is 1. The van der Waals surface area contributed by atoms with E-state index in [1.807, 2.05) is 0 Å². The summed E-state index contributed by atoms with van der Waals surface area (Å²) in [7, 11) is 0. The molecule has 5 heteroatoms. The van der Waals surface area contributed by atoms with Gasteiger partial charge in [0.25, 0.3) is 0 Å². The van der Waals surface area contributed by atoms with Crippen molar-refractivity contribution < 1.29 is 4.74 Å². The molecule has 0 bridgehead atoms. The third kappa shape index (κ3) is 5.67. The normalized spacial score (nSPS) is 26.6. The van der Waals surface area contributed by atoms with Crippen LogP contribution in [0.15, 0.2) is 4.99 Å². The van der Waals surface area contributed by atoms with Crippen LogP contribution in [0.2, 0.25) is 0 Å². The molecule has 20 heavy (non-hydrogen) atoms. The Kier molecular flexibility index (Phi) is 5.44. The number of nitrogens with two attached hydrogens (primary N) is 1. The van der Waals surface area contributed by atoms with Gasteiger partial charge in [0, 0.05) is 24.2 Å². The third-order valence-electron chi connectivity index (χ3n) is 3.42. The number of rotatable bonds is 3. The second-order valence-electron chi connectivity index (χ2n) is 7.55. The summed E-state index contributed by atoms with van der Waals surface area (Å²) in [6.07, 6.45) is 0.541. The highest BCUT2D eigenvalue weighted by Crippen LogP contribution is 2.21. The average molecular weight is 284 g/mol. The summed E-state index contributed by atoms with van der Waals surface area (Å²) in [5.74, 6) is 0.514. The monoisotopic (exact) mass is 284 g/mol. The summed E-state index contributed by atoms with van der Waals surface area (Å²) in [5.41, 5.74) is 5.87. The molecule has 1 saturated heterocycles. The average Bonchev–Trinajstić information content (AvgIpc) is 2.23. The highest BCUT2D eigenvalue weighted by molar-refractivity contribution is 5.78. The third-order valence-corrected chi connectivity index (χ3v) is 3.42. The quantitative estimate of drug-likeness (QED) is 0.610. The van der Waals surface area contributed by atoms with Crippen molar-refractivity contribution >= 4 is 5.96 Å². The van der Waals surface area contributed by atoms with Crippen LogP contribution in [0.5, 0.6) is 0 Å². The molecular weight excluding hydrogens is 252 g/mol. The van der Waals surface area contributed by atoms with E-state index in [4.69, 9.17) is 10.5 Å². The molecule has 0 saturated carbocycles. The molecule has 0 aliphatic carbocycles. The summed E-state index contributed by atoms with van der Waals surface area (Å²) in [6.45, 7) is 17.5. The number of hydrogen-bond acceptors (Lipinski definition) is 3. The minimum atomic E-state index is -0.0558. The highest BCUT2D eigenvalue weighted by atomic mass is 16.5. The predicted molar refractivity (Wildman–Crippen MR) is 85.0 cm³/mol. The van der Waals surface area contributed by atoms with Gasteiger partial charge in [0.05, 0.1) is 18.8 Å². The maximum Gasteiger partial charge on any atom is 0.189 e. The summed E-state index contributed by atoms with van der Waals surface area (Å²) in [5, 5.41) is 3.20. The number of hydrogen-bond donors (Lipinski definition) is 2. The van der Waals surface area contributed by atoms with Gasteiger partial charge >= 0.3 is 0 Å². The highest BCUT2D eigenvalue weighted by Gasteiger charge is 2.33. The Morgan fingerprint density at radius 1 is 1.20 bits per heavy atom. The molecule has 2 unspecified atom stereocenters. The summed E-state index contributed by atoms with van der Waals surface area (Å²) in [6, 6.07) is 0. The van der Waals surface area contributed by atoms with Crippen molar-refractivity contribution in [3.63, 3.8) is 0 Å². The van der Waals surface area contributed by atoms with Crippen LogP contribution >= 0.6 is 0 Å². The largest absolute Gasteiger partial charge is 0.373 e. The van der Waals surface area contributed by atoms with Crippen molar-refractivity contribution in [1.82, 2.24) is 10.2 Å². The topological polar surface area (TPSA) is 62.9 Å². The molecule has 1 aliphatic rings. The molecule has 1 heterocycles. The van der Waals surface area contributed by atoms with Gasteiger partial charge in [-0.2, -0.15) is 0 Å². The molecule has 1 rings (SSSR count). The van der Waals surface area contributed by atoms with Gasteiger partial charge < -0.3 is 15.8 Å². The Bertz CT molecular complexity index is 336. The van der Waals surface area contributed by atoms with Crippen molar-refractivity contribution in [2.75, 3.05) is 19.6 Å². The van der Waals surface area contributed by atoms with E-state index in [1.54, 1.807) is 0 Å². The zero-order chi connectivity index (χ0) is 15.6. The fourth-order valence-electron chi connectivity index (χ4n) is 2.47. The van der Waals surface area contributed by atoms with E-state index < -0.39 is 0 Å². The number of ether oxygens (including phenoxy) is 1. The number of aliphatic imine (C=N–C) groups is 1. The lowest BCUT2D eigenvalue weighted by atomic mass is 10.0. The van der Waals surface area contributed by atoms with E-state index in [9.17, 15) is 0 Å². The molecule has 0 aromatic carbocycles. The SMILES string of the molecule is CC1CN(C(C)(C)CN=C(N)NC(C)(C)C)CC(C)O1. The van der Waals surface area contributed by atoms with Gasteiger partial charge in [-0.15, -0.1) is 0 Å². The second-order valence-corrected chi connectivity index (χ2v) is 7.55. The van der Waals surface area contributed by atoms with E-state index >= 15 is 0 Å². The smallest absolute Gasteiger partial charge is 0.189 e. The Morgan fingerprint density at radius 3 is 2.15 bits per heavy atom. The summed E-state index contributed by atoms with van der Waals surface area (Å²) >= 11 is 0. The number of morpholine rings is 1. The molecule has 3 N–H and O–H groups in total. The Hall–Kier alpha value is -0.810. The summed E-state index contributed by atoms with van der Waals surface area (Å²) < 4.78 is 5.79. The Morgan fingerprint density at radius 2 is 1.70 bits per heavy atom. The zero-order valence-electron chi connectivity index (χ0n) is 14.2. The van der Waals surface area contributed by atoms with E-state index in [1.165, 1.54) is 0 Å². The number of guanidine groups is 1. The minimum absolute atomic E-state index is 0.0174. The minimum Gasteiger partial charge on any atom is -0.373 e. The summed E-state index contributed by atoms with van der Waals surface area (Å²) in [4.78, 5) is 6.95. The molecule has 0 aromatic rings. The lowest BCUT2D eigenvalue weighted by Crippen LogP contribution is -2.56. The first kappa shape index (κ1) is 17.2. The first-order chi connectivity index (χ1) is 8.99. The fourth-order valence-corrected chi connectivity index (χ4v) is 2.47. The number of nitrogens with zero attached hydrogens (tertiary/aromatic N) is 2. The van der Waals surface area contributed by atoms with Gasteiger partial charge in [-0.25, -0.2) is 0 Å². The Labute approximate surface area is 124 Å². The van der Waals surface area contributed by atoms with E-state index in [-0.39, 0.29) is 23.3 Å². The van der Waals surface area contributed by atoms with Crippen LogP contribution in [0.3, 0.4) is 0 Å². The Balaban J connectivity index is 2.62. The molecular formula is C15H32N4O. The molecule has 1 aliphatic heterocycles. The standard InChI is InChI=1S/C15H32N4O/c1-11-8-19(9-12(2)20-11)15(6,7)10-17-13(16)18-14(3,4)5/h11-12H,8-10H2,1-7H3,(H3,16,17,18). The van der Waals surface area contributed by atoms with Gasteiger partial charge in [0.2, 0.25) is 0 Å². The van der Waals surface area contributed by atoms with Crippen LogP contribution in [-0.4, -0.2) is 53.8 Å². The van der Waals surface area contributed by atoms with Crippen molar-refractivity contribution in [3.8, 4) is 0 Å². The van der Waals surface area contributed by atoms with Crippen LogP contribution in [0.1, 0.15) is 48.5 Å². The van der Waals surface area contributed by atoms with Crippen LogP contribution in [0.4, 0.5) is 0 Å². The molecule has 118 valence electrons. The van der Waals surface area contributed by atoms with Crippen LogP contribution in [0.25, 0.3) is 0 Å². The molecule has 2 atom stereocenters. The molecule has 0 amide bonds. The van der Waals surface area contributed by atoms with E-state index in [2.05, 4.69) is 63.7 Å². The predicted octanol–water partition coefficient (Wildman–Crippen LogP) is 1.58. The molecule has 0 radical (unpaired) electrons. The maximum atomic E-state index is 5.95. The van der Waals surface area contributed by atoms with Crippen LogP contribution in [-0.2, 0) is 4.74 Å². The molecule has 5 nitrogen and oxygen atoms in total. The van der Waals surface area contributed by atoms with Crippen molar-refractivity contribution in [1.29, 1.82) is 0 Å². The van der Waals surface area contributed by atoms with Gasteiger partial charge in [-0.3, -0.25) is 9.89 Å². The first-order valence-corrected chi connectivity index (χ1v) is 7.48. The van der Waals surface area contributed by atoms with Crippen molar-refractivity contribution in [3.05, 3.63) is 0 Å². The van der Waals surface area contributed by atoms with Gasteiger partial charge in [0.1, 0.15) is 0 Å². The molecule has 0 aromatic heterocycles. The first-order valence-electron chi connectivity index (χ1n) is 7.48. The van der Waals surface area contributed by atoms with E-state index in [0.717, 1.165) is 13.1 Å².